The first-order chi connectivity index (χ1) is 5.36. The molecule has 2 heteroatoms. The highest BCUT2D eigenvalue weighted by atomic mass is 35.5. The summed E-state index contributed by atoms with van der Waals surface area (Å²) in [6.45, 7) is 0.536. The third-order valence-corrected chi connectivity index (χ3v) is 1.78. The first-order valence-electron chi connectivity index (χ1n) is 3.35. The van der Waals surface area contributed by atoms with E-state index in [9.17, 15) is 0 Å². The number of hydrogen-bond donors (Lipinski definition) is 0. The first-order valence-corrected chi connectivity index (χ1v) is 3.73. The van der Waals surface area contributed by atoms with Crippen LogP contribution in [0.2, 0.25) is 5.02 Å². The molecule has 0 fully saturated rings. The summed E-state index contributed by atoms with van der Waals surface area (Å²) in [7, 11) is 0. The largest absolute Gasteiger partial charge is 0.488 e. The summed E-state index contributed by atoms with van der Waals surface area (Å²) in [5, 5.41) is 0.729. The molecule has 1 aliphatic heterocycles. The van der Waals surface area contributed by atoms with E-state index in [1.54, 1.807) is 0 Å². The molecule has 0 aliphatic carbocycles. The quantitative estimate of drug-likeness (QED) is 0.574. The fourth-order valence-corrected chi connectivity index (χ4v) is 1.22. The SMILES string of the molecule is Clc1ccc2c(c1)C=[C]CO2. The molecule has 1 nitrogen and oxygen atoms in total. The maximum atomic E-state index is 5.77. The third kappa shape index (κ3) is 1.24. The number of halogens is 1. The lowest BCUT2D eigenvalue weighted by Gasteiger charge is -2.10. The van der Waals surface area contributed by atoms with E-state index in [0.29, 0.717) is 6.61 Å². The lowest BCUT2D eigenvalue weighted by Crippen LogP contribution is -1.99. The third-order valence-electron chi connectivity index (χ3n) is 1.54. The van der Waals surface area contributed by atoms with Crippen LogP contribution < -0.4 is 4.74 Å². The van der Waals surface area contributed by atoms with Crippen LogP contribution in [-0.4, -0.2) is 6.61 Å². The number of rotatable bonds is 0. The second-order valence-electron chi connectivity index (χ2n) is 2.32. The summed E-state index contributed by atoms with van der Waals surface area (Å²) < 4.78 is 5.28. The van der Waals surface area contributed by atoms with Crippen LogP contribution in [0, 0.1) is 6.08 Å². The molecule has 1 aromatic carbocycles. The zero-order valence-corrected chi connectivity index (χ0v) is 6.56. The van der Waals surface area contributed by atoms with Crippen LogP contribution in [0.1, 0.15) is 5.56 Å². The number of hydrogen-bond acceptors (Lipinski definition) is 1. The average molecular weight is 166 g/mol. The molecule has 0 saturated carbocycles. The van der Waals surface area contributed by atoms with Gasteiger partial charge >= 0.3 is 0 Å². The average Bonchev–Trinajstić information content (AvgIpc) is 2.04. The predicted molar refractivity (Wildman–Crippen MR) is 44.7 cm³/mol. The Hall–Kier alpha value is -0.950. The molecule has 55 valence electrons. The Morgan fingerprint density at radius 2 is 2.36 bits per heavy atom. The number of fused-ring (bicyclic) bond motifs is 1. The van der Waals surface area contributed by atoms with E-state index in [2.05, 4.69) is 6.08 Å². The molecule has 0 spiro atoms. The van der Waals surface area contributed by atoms with Gasteiger partial charge in [-0.3, -0.25) is 0 Å². The summed E-state index contributed by atoms with van der Waals surface area (Å²) in [6, 6.07) is 5.55. The highest BCUT2D eigenvalue weighted by molar-refractivity contribution is 6.30. The fraction of sp³-hybridized carbons (Fsp3) is 0.111. The lowest BCUT2D eigenvalue weighted by molar-refractivity contribution is 0.352. The molecule has 1 aromatic rings. The fourth-order valence-electron chi connectivity index (χ4n) is 1.03. The lowest BCUT2D eigenvalue weighted by atomic mass is 10.1. The Bertz CT molecular complexity index is 304. The van der Waals surface area contributed by atoms with Crippen LogP contribution in [0.25, 0.3) is 6.08 Å². The van der Waals surface area contributed by atoms with E-state index in [0.717, 1.165) is 16.3 Å². The van der Waals surface area contributed by atoms with E-state index in [1.165, 1.54) is 0 Å². The van der Waals surface area contributed by atoms with Crippen molar-refractivity contribution in [1.29, 1.82) is 0 Å². The topological polar surface area (TPSA) is 9.23 Å². The monoisotopic (exact) mass is 165 g/mol. The smallest absolute Gasteiger partial charge is 0.127 e. The summed E-state index contributed by atoms with van der Waals surface area (Å²) in [5.41, 5.74) is 1.00. The van der Waals surface area contributed by atoms with E-state index in [-0.39, 0.29) is 0 Å². The molecule has 0 aromatic heterocycles. The Balaban J connectivity index is 2.54. The normalized spacial score (nSPS) is 13.9. The Morgan fingerprint density at radius 1 is 1.45 bits per heavy atom. The van der Waals surface area contributed by atoms with Crippen molar-refractivity contribution in [2.45, 2.75) is 0 Å². The molecule has 0 unspecified atom stereocenters. The minimum Gasteiger partial charge on any atom is -0.488 e. The molecular formula is C9H6ClO. The molecule has 0 amide bonds. The van der Waals surface area contributed by atoms with Crippen molar-refractivity contribution in [3.63, 3.8) is 0 Å². The van der Waals surface area contributed by atoms with Gasteiger partial charge in [-0.2, -0.15) is 0 Å². The zero-order chi connectivity index (χ0) is 7.68. The van der Waals surface area contributed by atoms with Gasteiger partial charge in [0.05, 0.1) is 0 Å². The molecular weight excluding hydrogens is 160 g/mol. The van der Waals surface area contributed by atoms with E-state index >= 15 is 0 Å². The maximum Gasteiger partial charge on any atom is 0.127 e. The Labute approximate surface area is 70.2 Å². The summed E-state index contributed by atoms with van der Waals surface area (Å²) in [4.78, 5) is 0. The molecule has 1 heterocycles. The van der Waals surface area contributed by atoms with Crippen LogP contribution >= 0.6 is 11.6 Å². The molecule has 2 rings (SSSR count). The minimum atomic E-state index is 0.536. The van der Waals surface area contributed by atoms with Crippen molar-refractivity contribution in [2.75, 3.05) is 6.61 Å². The van der Waals surface area contributed by atoms with E-state index in [1.807, 2.05) is 24.3 Å². The van der Waals surface area contributed by atoms with Crippen LogP contribution in [0.5, 0.6) is 5.75 Å². The van der Waals surface area contributed by atoms with Crippen molar-refractivity contribution in [1.82, 2.24) is 0 Å². The van der Waals surface area contributed by atoms with Gasteiger partial charge in [-0.15, -0.1) is 0 Å². The molecule has 0 N–H and O–H groups in total. The number of ether oxygens (including phenoxy) is 1. The van der Waals surface area contributed by atoms with Crippen molar-refractivity contribution in [3.05, 3.63) is 34.9 Å². The second kappa shape index (κ2) is 2.59. The highest BCUT2D eigenvalue weighted by Gasteiger charge is 2.04. The van der Waals surface area contributed by atoms with Gasteiger partial charge in [-0.25, -0.2) is 0 Å². The van der Waals surface area contributed by atoms with Gasteiger partial charge in [0.25, 0.3) is 0 Å². The van der Waals surface area contributed by atoms with Gasteiger partial charge in [0.2, 0.25) is 0 Å². The Morgan fingerprint density at radius 3 is 3.27 bits per heavy atom. The second-order valence-corrected chi connectivity index (χ2v) is 2.76. The molecule has 1 aliphatic rings. The summed E-state index contributed by atoms with van der Waals surface area (Å²) in [6.07, 6.45) is 4.86. The standard InChI is InChI=1S/C9H6ClO/c10-8-3-4-9-7(6-8)2-1-5-11-9/h2-4,6H,5H2. The van der Waals surface area contributed by atoms with Crippen LogP contribution in [0.15, 0.2) is 18.2 Å². The molecule has 11 heavy (non-hydrogen) atoms. The zero-order valence-electron chi connectivity index (χ0n) is 5.80. The van der Waals surface area contributed by atoms with Gasteiger partial charge in [0.15, 0.2) is 0 Å². The predicted octanol–water partition coefficient (Wildman–Crippen LogP) is 2.55. The van der Waals surface area contributed by atoms with Gasteiger partial charge in [0, 0.05) is 10.6 Å². The highest BCUT2D eigenvalue weighted by Crippen LogP contribution is 2.25. The van der Waals surface area contributed by atoms with Gasteiger partial charge in [0.1, 0.15) is 12.4 Å². The van der Waals surface area contributed by atoms with Crippen molar-refractivity contribution in [3.8, 4) is 5.75 Å². The van der Waals surface area contributed by atoms with Crippen LogP contribution in [0.3, 0.4) is 0 Å². The van der Waals surface area contributed by atoms with Crippen molar-refractivity contribution in [2.24, 2.45) is 0 Å². The van der Waals surface area contributed by atoms with E-state index in [4.69, 9.17) is 16.3 Å². The minimum absolute atomic E-state index is 0.536. The van der Waals surface area contributed by atoms with Gasteiger partial charge < -0.3 is 4.74 Å². The van der Waals surface area contributed by atoms with Crippen molar-refractivity contribution >= 4 is 17.7 Å². The molecule has 0 saturated heterocycles. The van der Waals surface area contributed by atoms with Gasteiger partial charge in [-0.05, 0) is 30.4 Å². The number of benzene rings is 1. The van der Waals surface area contributed by atoms with E-state index < -0.39 is 0 Å². The first kappa shape index (κ1) is 6.74. The molecule has 0 atom stereocenters. The van der Waals surface area contributed by atoms with Crippen molar-refractivity contribution < 1.29 is 4.74 Å². The Kier molecular flexibility index (Phi) is 1.59. The summed E-state index contributed by atoms with van der Waals surface area (Å²) in [5.74, 6) is 0.883. The van der Waals surface area contributed by atoms with Crippen LogP contribution in [0.4, 0.5) is 0 Å². The van der Waals surface area contributed by atoms with Gasteiger partial charge in [-0.1, -0.05) is 11.6 Å². The summed E-state index contributed by atoms with van der Waals surface area (Å²) >= 11 is 5.77. The van der Waals surface area contributed by atoms with Crippen LogP contribution in [-0.2, 0) is 0 Å². The maximum absolute atomic E-state index is 5.77. The molecule has 1 radical (unpaired) electrons. The molecule has 0 bridgehead atoms.